The Balaban J connectivity index is 4.31. The van der Waals surface area contributed by atoms with Gasteiger partial charge in [-0.25, -0.2) is 0 Å². The van der Waals surface area contributed by atoms with Gasteiger partial charge in [0.2, 0.25) is 0 Å². The molecule has 1 atom stereocenters. The topological polar surface area (TPSA) is 78.9 Å². The van der Waals surface area contributed by atoms with Crippen LogP contribution in [0.5, 0.6) is 0 Å². The smallest absolute Gasteiger partial charge is 0.306 e. The lowest BCUT2D eigenvalue weighted by Gasteiger charge is -2.18. The Morgan fingerprint density at radius 3 is 0.765 bits per heavy atom. The molecule has 0 aliphatic rings. The van der Waals surface area contributed by atoms with Crippen molar-refractivity contribution in [2.45, 2.75) is 386 Å². The zero-order valence-corrected chi connectivity index (χ0v) is 54.3. The van der Waals surface area contributed by atoms with E-state index in [0.717, 1.165) is 83.5 Å². The highest BCUT2D eigenvalue weighted by Gasteiger charge is 2.19. The molecule has 0 rings (SSSR count). The summed E-state index contributed by atoms with van der Waals surface area (Å²) in [6.07, 6.45) is 89.6. The summed E-state index contributed by atoms with van der Waals surface area (Å²) >= 11 is 0. The first-order valence-corrected chi connectivity index (χ1v) is 35.8. The van der Waals surface area contributed by atoms with Crippen molar-refractivity contribution in [3.8, 4) is 0 Å². The van der Waals surface area contributed by atoms with Crippen molar-refractivity contribution < 1.29 is 28.6 Å². The minimum absolute atomic E-state index is 0.0721. The monoisotopic (exact) mass is 1130 g/mol. The zero-order valence-electron chi connectivity index (χ0n) is 54.3. The average Bonchev–Trinajstić information content (AvgIpc) is 3.47. The van der Waals surface area contributed by atoms with E-state index in [4.69, 9.17) is 14.2 Å². The van der Waals surface area contributed by atoms with Gasteiger partial charge in [-0.05, 0) is 83.5 Å². The van der Waals surface area contributed by atoms with Crippen LogP contribution in [0.15, 0.2) is 60.8 Å². The van der Waals surface area contributed by atoms with Crippen molar-refractivity contribution in [1.29, 1.82) is 0 Å². The van der Waals surface area contributed by atoms with Crippen LogP contribution in [0.1, 0.15) is 380 Å². The van der Waals surface area contributed by atoms with Crippen LogP contribution in [0.2, 0.25) is 0 Å². The number of hydrogen-bond donors (Lipinski definition) is 0. The van der Waals surface area contributed by atoms with Crippen molar-refractivity contribution in [1.82, 2.24) is 0 Å². The number of allylic oxidation sites excluding steroid dienone is 10. The highest BCUT2D eigenvalue weighted by Crippen LogP contribution is 2.18. The molecule has 1 unspecified atom stereocenters. The molecule has 0 radical (unpaired) electrons. The van der Waals surface area contributed by atoms with E-state index in [1.807, 2.05) is 0 Å². The Kier molecular flexibility index (Phi) is 67.1. The Hall–Kier alpha value is -2.89. The number of carbonyl (C=O) groups excluding carboxylic acids is 3. The lowest BCUT2D eigenvalue weighted by Crippen LogP contribution is -2.30. The molecule has 0 fully saturated rings. The summed E-state index contributed by atoms with van der Waals surface area (Å²) in [6.45, 7) is 6.59. The van der Waals surface area contributed by atoms with Crippen LogP contribution in [0.3, 0.4) is 0 Å². The first kappa shape index (κ1) is 78.1. The van der Waals surface area contributed by atoms with Gasteiger partial charge in [0.1, 0.15) is 13.2 Å². The van der Waals surface area contributed by atoms with Crippen LogP contribution in [-0.2, 0) is 28.6 Å². The van der Waals surface area contributed by atoms with Crippen molar-refractivity contribution in [3.63, 3.8) is 0 Å². The third kappa shape index (κ3) is 67.8. The number of unbranched alkanes of at least 4 members (excludes halogenated alkanes) is 45. The Morgan fingerprint density at radius 2 is 0.481 bits per heavy atom. The fraction of sp³-hybridized carbons (Fsp3) is 0.827. The predicted octanol–water partition coefficient (Wildman–Crippen LogP) is 24.7. The quantitative estimate of drug-likeness (QED) is 0.0261. The van der Waals surface area contributed by atoms with Gasteiger partial charge >= 0.3 is 17.9 Å². The second-order valence-corrected chi connectivity index (χ2v) is 24.1. The van der Waals surface area contributed by atoms with Crippen molar-refractivity contribution in [2.24, 2.45) is 0 Å². The number of hydrogen-bond acceptors (Lipinski definition) is 6. The third-order valence-electron chi connectivity index (χ3n) is 16.0. The molecule has 0 aromatic rings. The van der Waals surface area contributed by atoms with Crippen LogP contribution in [0.4, 0.5) is 0 Å². The molecule has 0 bridgehead atoms. The molecular weight excluding hydrogens is 997 g/mol. The second kappa shape index (κ2) is 69.6. The summed E-state index contributed by atoms with van der Waals surface area (Å²) in [4.78, 5) is 38.5. The number of carbonyl (C=O) groups is 3. The molecule has 0 aromatic carbocycles. The summed E-state index contributed by atoms with van der Waals surface area (Å²) in [5.41, 5.74) is 0. The maximum Gasteiger partial charge on any atom is 0.306 e. The van der Waals surface area contributed by atoms with Crippen LogP contribution in [0, 0.1) is 0 Å². The van der Waals surface area contributed by atoms with Gasteiger partial charge in [-0.2, -0.15) is 0 Å². The number of esters is 3. The normalized spacial score (nSPS) is 12.4. The molecule has 472 valence electrons. The van der Waals surface area contributed by atoms with Crippen molar-refractivity contribution in [2.75, 3.05) is 13.2 Å². The molecule has 0 spiro atoms. The minimum atomic E-state index is -0.776. The summed E-state index contributed by atoms with van der Waals surface area (Å²) in [6, 6.07) is 0. The SMILES string of the molecule is CC/C=C\C/C=C\C/C=C\C/C=C\CCCCCCCCCCCCCCC(=O)OCC(COC(=O)CCCCCCCCC/C=C\CCCCCCCC)OC(=O)CCCCCCCCCCCCCCCCCCCCCCC. The number of rotatable bonds is 66. The van der Waals surface area contributed by atoms with Gasteiger partial charge in [0, 0.05) is 19.3 Å². The van der Waals surface area contributed by atoms with E-state index in [0.29, 0.717) is 19.3 Å². The lowest BCUT2D eigenvalue weighted by atomic mass is 10.0. The summed E-state index contributed by atoms with van der Waals surface area (Å²) in [5, 5.41) is 0. The summed E-state index contributed by atoms with van der Waals surface area (Å²) in [7, 11) is 0. The maximum atomic E-state index is 13.0. The van der Waals surface area contributed by atoms with Gasteiger partial charge in [0.15, 0.2) is 6.10 Å². The van der Waals surface area contributed by atoms with Crippen LogP contribution in [-0.4, -0.2) is 37.2 Å². The van der Waals surface area contributed by atoms with Gasteiger partial charge in [0.05, 0.1) is 0 Å². The molecule has 0 N–H and O–H groups in total. The molecule has 0 aliphatic carbocycles. The molecule has 0 saturated heterocycles. The largest absolute Gasteiger partial charge is 0.462 e. The standard InChI is InChI=1S/C75H136O6/c1-4-7-10-13-16-19-22-25-28-31-33-35-36-37-38-40-41-44-47-50-53-56-59-62-65-68-74(77)80-71-72(70-79-73(76)67-64-61-58-55-52-49-46-43-30-27-24-21-18-15-12-9-6-3)81-75(78)69-66-63-60-57-54-51-48-45-42-39-34-32-29-26-23-20-17-14-11-8-5-2/h7,10,16,19,25,27-28,30,33,35,72H,4-6,8-9,11-15,17-18,20-24,26,29,31-32,34,36-71H2,1-3H3/b10-7-,19-16-,28-25-,30-27-,35-33-. The van der Waals surface area contributed by atoms with E-state index in [1.54, 1.807) is 0 Å². The summed E-state index contributed by atoms with van der Waals surface area (Å²) in [5.74, 6) is -0.851. The molecular formula is C75H136O6. The Morgan fingerprint density at radius 1 is 0.259 bits per heavy atom. The second-order valence-electron chi connectivity index (χ2n) is 24.1. The minimum Gasteiger partial charge on any atom is -0.462 e. The summed E-state index contributed by atoms with van der Waals surface area (Å²) < 4.78 is 17.0. The van der Waals surface area contributed by atoms with E-state index in [2.05, 4.69) is 81.5 Å². The third-order valence-corrected chi connectivity index (χ3v) is 16.0. The maximum absolute atomic E-state index is 13.0. The molecule has 6 nitrogen and oxygen atoms in total. The van der Waals surface area contributed by atoms with Crippen LogP contribution >= 0.6 is 0 Å². The van der Waals surface area contributed by atoms with E-state index in [1.165, 1.54) is 257 Å². The average molecular weight is 1130 g/mol. The first-order valence-electron chi connectivity index (χ1n) is 35.8. The zero-order chi connectivity index (χ0) is 58.5. The van der Waals surface area contributed by atoms with E-state index in [-0.39, 0.29) is 31.1 Å². The van der Waals surface area contributed by atoms with Gasteiger partial charge in [-0.3, -0.25) is 14.4 Å². The van der Waals surface area contributed by atoms with Crippen molar-refractivity contribution >= 4 is 17.9 Å². The molecule has 0 aliphatic heterocycles. The van der Waals surface area contributed by atoms with Gasteiger partial charge in [-0.15, -0.1) is 0 Å². The van der Waals surface area contributed by atoms with E-state index < -0.39 is 6.10 Å². The fourth-order valence-corrected chi connectivity index (χ4v) is 10.7. The van der Waals surface area contributed by atoms with E-state index >= 15 is 0 Å². The van der Waals surface area contributed by atoms with Crippen LogP contribution in [0.25, 0.3) is 0 Å². The van der Waals surface area contributed by atoms with Crippen molar-refractivity contribution in [3.05, 3.63) is 60.8 Å². The highest BCUT2D eigenvalue weighted by molar-refractivity contribution is 5.71. The molecule has 0 amide bonds. The molecule has 81 heavy (non-hydrogen) atoms. The van der Waals surface area contributed by atoms with Crippen LogP contribution < -0.4 is 0 Å². The van der Waals surface area contributed by atoms with Gasteiger partial charge < -0.3 is 14.2 Å². The van der Waals surface area contributed by atoms with E-state index in [9.17, 15) is 14.4 Å². The van der Waals surface area contributed by atoms with Gasteiger partial charge in [-0.1, -0.05) is 338 Å². The predicted molar refractivity (Wildman–Crippen MR) is 353 cm³/mol. The number of ether oxygens (including phenoxy) is 3. The Bertz CT molecular complexity index is 1440. The molecule has 0 saturated carbocycles. The molecule has 0 heterocycles. The fourth-order valence-electron chi connectivity index (χ4n) is 10.7. The Labute approximate surface area is 504 Å². The van der Waals surface area contributed by atoms with Gasteiger partial charge in [0.25, 0.3) is 0 Å². The highest BCUT2D eigenvalue weighted by atomic mass is 16.6. The molecule has 0 aromatic heterocycles. The lowest BCUT2D eigenvalue weighted by molar-refractivity contribution is -0.167. The first-order chi connectivity index (χ1) is 40.0. The molecule has 6 heteroatoms.